The smallest absolute Gasteiger partial charge is 0.234 e. The molecule has 29 heavy (non-hydrogen) atoms. The summed E-state index contributed by atoms with van der Waals surface area (Å²) in [6, 6.07) is 9.42. The van der Waals surface area contributed by atoms with E-state index >= 15 is 0 Å². The number of thioether (sulfide) groups is 1. The second kappa shape index (κ2) is 7.88. The Balaban J connectivity index is 1.55. The highest BCUT2D eigenvalue weighted by Crippen LogP contribution is 2.35. The van der Waals surface area contributed by atoms with Gasteiger partial charge in [0.05, 0.1) is 28.8 Å². The molecule has 0 fully saturated rings. The lowest BCUT2D eigenvalue weighted by Crippen LogP contribution is -2.16. The van der Waals surface area contributed by atoms with Crippen LogP contribution in [0.15, 0.2) is 35.5 Å². The molecule has 4 rings (SSSR count). The van der Waals surface area contributed by atoms with Crippen molar-refractivity contribution in [3.63, 3.8) is 0 Å². The van der Waals surface area contributed by atoms with E-state index in [0.717, 1.165) is 16.8 Å². The van der Waals surface area contributed by atoms with Crippen molar-refractivity contribution in [1.82, 2.24) is 20.2 Å². The van der Waals surface area contributed by atoms with E-state index in [2.05, 4.69) is 25.5 Å². The van der Waals surface area contributed by atoms with Crippen LogP contribution in [-0.2, 0) is 4.79 Å². The molecule has 1 amide bonds. The average molecular weight is 428 g/mol. The summed E-state index contributed by atoms with van der Waals surface area (Å²) in [7, 11) is 1.59. The van der Waals surface area contributed by atoms with Crippen LogP contribution in [0.25, 0.3) is 22.1 Å². The predicted octanol–water partition coefficient (Wildman–Crippen LogP) is 4.52. The number of ether oxygens (including phenoxy) is 1. The molecule has 2 N–H and O–H groups in total. The maximum atomic E-state index is 12.4. The van der Waals surface area contributed by atoms with Crippen molar-refractivity contribution in [1.29, 1.82) is 0 Å². The molecule has 0 radical (unpaired) electrons. The second-order valence-electron chi connectivity index (χ2n) is 6.52. The number of hydrogen-bond acceptors (Lipinski definition) is 6. The minimum atomic E-state index is -0.127. The maximum Gasteiger partial charge on any atom is 0.234 e. The Hall–Kier alpha value is -2.84. The molecule has 148 valence electrons. The fourth-order valence-corrected chi connectivity index (χ4v) is 3.98. The van der Waals surface area contributed by atoms with Crippen LogP contribution >= 0.6 is 23.4 Å². The van der Waals surface area contributed by atoms with Crippen molar-refractivity contribution >= 4 is 57.0 Å². The third-order valence-corrected chi connectivity index (χ3v) is 5.71. The van der Waals surface area contributed by atoms with Gasteiger partial charge in [-0.2, -0.15) is 0 Å². The molecule has 2 heterocycles. The third kappa shape index (κ3) is 3.73. The van der Waals surface area contributed by atoms with Gasteiger partial charge in [0, 0.05) is 5.69 Å². The second-order valence-corrected chi connectivity index (χ2v) is 7.87. The van der Waals surface area contributed by atoms with Gasteiger partial charge < -0.3 is 15.0 Å². The molecular formula is C20H18ClN5O2S. The van der Waals surface area contributed by atoms with E-state index in [-0.39, 0.29) is 11.7 Å². The van der Waals surface area contributed by atoms with Crippen LogP contribution in [0.1, 0.15) is 11.1 Å². The molecule has 9 heteroatoms. The summed E-state index contributed by atoms with van der Waals surface area (Å²) in [5, 5.41) is 13.0. The van der Waals surface area contributed by atoms with Crippen molar-refractivity contribution < 1.29 is 9.53 Å². The van der Waals surface area contributed by atoms with Gasteiger partial charge in [0.2, 0.25) is 11.1 Å². The van der Waals surface area contributed by atoms with Gasteiger partial charge in [-0.15, -0.1) is 10.2 Å². The van der Waals surface area contributed by atoms with Crippen molar-refractivity contribution in [2.24, 2.45) is 0 Å². The molecule has 7 nitrogen and oxygen atoms in total. The van der Waals surface area contributed by atoms with Gasteiger partial charge in [0.1, 0.15) is 11.3 Å². The number of para-hydroxylation sites is 1. The zero-order valence-corrected chi connectivity index (χ0v) is 17.6. The number of carbonyl (C=O) groups excluding carboxylic acids is 1. The van der Waals surface area contributed by atoms with Gasteiger partial charge in [-0.05, 0) is 37.1 Å². The summed E-state index contributed by atoms with van der Waals surface area (Å²) in [5.74, 6) is 0.689. The van der Waals surface area contributed by atoms with E-state index in [4.69, 9.17) is 16.3 Å². The highest BCUT2D eigenvalue weighted by atomic mass is 35.5. The highest BCUT2D eigenvalue weighted by Gasteiger charge is 2.16. The summed E-state index contributed by atoms with van der Waals surface area (Å²) in [5.41, 5.74) is 4.70. The molecule has 0 bridgehead atoms. The maximum absolute atomic E-state index is 12.4. The predicted molar refractivity (Wildman–Crippen MR) is 116 cm³/mol. The van der Waals surface area contributed by atoms with Crippen LogP contribution in [0.3, 0.4) is 0 Å². The lowest BCUT2D eigenvalue weighted by atomic mass is 10.1. The Morgan fingerprint density at radius 2 is 1.97 bits per heavy atom. The molecule has 0 aliphatic rings. The minimum Gasteiger partial charge on any atom is -0.495 e. The molecule has 2 aromatic carbocycles. The van der Waals surface area contributed by atoms with Crippen LogP contribution in [0.4, 0.5) is 5.69 Å². The first-order chi connectivity index (χ1) is 14.0. The molecule has 4 aromatic rings. The molecule has 2 aromatic heterocycles. The lowest BCUT2D eigenvalue weighted by molar-refractivity contribution is -0.113. The number of methoxy groups -OCH3 is 1. The first kappa shape index (κ1) is 19.5. The van der Waals surface area contributed by atoms with Gasteiger partial charge in [-0.25, -0.2) is 4.98 Å². The SMILES string of the molecule is COc1ccc(Cl)c2c1[nH]c1nc(SCC(=O)Nc3c(C)cccc3C)nnc12. The quantitative estimate of drug-likeness (QED) is 0.455. The van der Waals surface area contributed by atoms with Gasteiger partial charge >= 0.3 is 0 Å². The summed E-state index contributed by atoms with van der Waals surface area (Å²) in [6.45, 7) is 3.93. The first-order valence-electron chi connectivity index (χ1n) is 8.85. The number of aromatic amines is 1. The van der Waals surface area contributed by atoms with Crippen LogP contribution in [0, 0.1) is 13.8 Å². The number of nitrogens with one attached hydrogen (secondary N) is 2. The number of amides is 1. The Morgan fingerprint density at radius 3 is 2.69 bits per heavy atom. The largest absolute Gasteiger partial charge is 0.495 e. The normalized spacial score (nSPS) is 11.2. The van der Waals surface area contributed by atoms with Gasteiger partial charge in [0.15, 0.2) is 5.65 Å². The number of halogens is 1. The summed E-state index contributed by atoms with van der Waals surface area (Å²) >= 11 is 7.54. The van der Waals surface area contributed by atoms with E-state index < -0.39 is 0 Å². The van der Waals surface area contributed by atoms with Crippen molar-refractivity contribution in [3.05, 3.63) is 46.5 Å². The topological polar surface area (TPSA) is 92.8 Å². The first-order valence-corrected chi connectivity index (χ1v) is 10.2. The van der Waals surface area contributed by atoms with E-state index in [1.54, 1.807) is 19.2 Å². The molecule has 0 aliphatic carbocycles. The van der Waals surface area contributed by atoms with Crippen LogP contribution in [0.2, 0.25) is 5.02 Å². The molecule has 0 unspecified atom stereocenters. The number of nitrogens with zero attached hydrogens (tertiary/aromatic N) is 3. The molecular weight excluding hydrogens is 410 g/mol. The number of rotatable bonds is 5. The number of hydrogen-bond donors (Lipinski definition) is 2. The standard InChI is InChI=1S/C20H18ClN5O2S/c1-10-5-4-6-11(2)16(10)22-14(27)9-29-20-24-19-18(25-26-20)15-12(21)7-8-13(28-3)17(15)23-19/h4-8H,9H2,1-3H3,(H,22,27)(H,23,24,26). The Kier molecular flexibility index (Phi) is 5.29. The third-order valence-electron chi connectivity index (χ3n) is 4.56. The summed E-state index contributed by atoms with van der Waals surface area (Å²) in [4.78, 5) is 20.0. The number of fused-ring (bicyclic) bond motifs is 3. The molecule has 0 saturated carbocycles. The molecule has 0 spiro atoms. The van der Waals surface area contributed by atoms with Crippen LogP contribution in [-0.4, -0.2) is 38.9 Å². The van der Waals surface area contributed by atoms with Gasteiger partial charge in [0.25, 0.3) is 0 Å². The Labute approximate surface area is 176 Å². The van der Waals surface area contributed by atoms with E-state index in [0.29, 0.717) is 38.0 Å². The summed E-state index contributed by atoms with van der Waals surface area (Å²) < 4.78 is 5.37. The average Bonchev–Trinajstić information content (AvgIpc) is 3.09. The molecule has 0 atom stereocenters. The van der Waals surface area contributed by atoms with Gasteiger partial charge in [-0.1, -0.05) is 41.6 Å². The molecule has 0 saturated heterocycles. The zero-order chi connectivity index (χ0) is 20.5. The monoisotopic (exact) mass is 427 g/mol. The van der Waals surface area contributed by atoms with E-state index in [1.807, 2.05) is 32.0 Å². The van der Waals surface area contributed by atoms with Crippen LogP contribution in [0.5, 0.6) is 5.75 Å². The minimum absolute atomic E-state index is 0.127. The number of aryl methyl sites for hydroxylation is 2. The number of H-pyrrole nitrogens is 1. The van der Waals surface area contributed by atoms with E-state index in [1.165, 1.54) is 11.8 Å². The number of benzene rings is 2. The fourth-order valence-electron chi connectivity index (χ4n) is 3.15. The van der Waals surface area contributed by atoms with Crippen molar-refractivity contribution in [3.8, 4) is 5.75 Å². The number of carbonyl (C=O) groups is 1. The zero-order valence-electron chi connectivity index (χ0n) is 16.0. The van der Waals surface area contributed by atoms with Crippen LogP contribution < -0.4 is 10.1 Å². The highest BCUT2D eigenvalue weighted by molar-refractivity contribution is 7.99. The van der Waals surface area contributed by atoms with E-state index in [9.17, 15) is 4.79 Å². The number of aromatic nitrogens is 4. The van der Waals surface area contributed by atoms with Crippen molar-refractivity contribution in [2.45, 2.75) is 19.0 Å². The van der Waals surface area contributed by atoms with Crippen molar-refractivity contribution in [2.75, 3.05) is 18.2 Å². The fraction of sp³-hybridized carbons (Fsp3) is 0.200. The Morgan fingerprint density at radius 1 is 1.21 bits per heavy atom. The summed E-state index contributed by atoms with van der Waals surface area (Å²) in [6.07, 6.45) is 0. The Bertz CT molecular complexity index is 1220. The number of anilines is 1. The van der Waals surface area contributed by atoms with Gasteiger partial charge in [-0.3, -0.25) is 4.79 Å². The lowest BCUT2D eigenvalue weighted by Gasteiger charge is -2.10. The molecule has 0 aliphatic heterocycles.